The Labute approximate surface area is 171 Å². The second-order valence-corrected chi connectivity index (χ2v) is 7.91. The van der Waals surface area contributed by atoms with Gasteiger partial charge in [-0.3, -0.25) is 9.69 Å². The summed E-state index contributed by atoms with van der Waals surface area (Å²) < 4.78 is 24.3. The molecule has 1 N–H and O–H groups in total. The number of halogens is 1. The van der Waals surface area contributed by atoms with E-state index in [0.717, 1.165) is 17.9 Å². The topological polar surface area (TPSA) is 80.8 Å². The summed E-state index contributed by atoms with van der Waals surface area (Å²) in [5.41, 5.74) is 0.895. The van der Waals surface area contributed by atoms with Crippen LogP contribution in [0.1, 0.15) is 16.8 Å². The Bertz CT molecular complexity index is 890. The van der Waals surface area contributed by atoms with E-state index in [2.05, 4.69) is 10.3 Å². The summed E-state index contributed by atoms with van der Waals surface area (Å²) in [5.74, 6) is 1.52. The molecule has 2 aromatic rings. The van der Waals surface area contributed by atoms with Crippen molar-refractivity contribution in [2.75, 3.05) is 29.5 Å². The zero-order valence-electron chi connectivity index (χ0n) is 15.5. The summed E-state index contributed by atoms with van der Waals surface area (Å²) in [5, 5.41) is 2.78. The molecule has 2 aliphatic rings. The van der Waals surface area contributed by atoms with Crippen molar-refractivity contribution in [1.29, 1.82) is 0 Å². The molecule has 152 valence electrons. The van der Waals surface area contributed by atoms with Crippen LogP contribution in [0.4, 0.5) is 14.9 Å². The van der Waals surface area contributed by atoms with Crippen molar-refractivity contribution >= 4 is 29.4 Å². The van der Waals surface area contributed by atoms with Crippen LogP contribution in [-0.4, -0.2) is 53.8 Å². The Morgan fingerprint density at radius 2 is 2.17 bits per heavy atom. The number of aromatic nitrogens is 1. The molecule has 9 heteroatoms. The molecule has 0 spiro atoms. The number of anilines is 1. The number of benzene rings is 1. The molecule has 7 nitrogen and oxygen atoms in total. The number of hydrogen-bond donors (Lipinski definition) is 1. The van der Waals surface area contributed by atoms with Crippen LogP contribution in [0.25, 0.3) is 0 Å². The van der Waals surface area contributed by atoms with Gasteiger partial charge in [0.25, 0.3) is 5.91 Å². The number of thioether (sulfide) groups is 1. The summed E-state index contributed by atoms with van der Waals surface area (Å²) in [6.07, 6.45) is 1.54. The maximum Gasteiger partial charge on any atom is 0.414 e. The van der Waals surface area contributed by atoms with E-state index in [4.69, 9.17) is 9.47 Å². The van der Waals surface area contributed by atoms with Gasteiger partial charge >= 0.3 is 6.09 Å². The highest BCUT2D eigenvalue weighted by atomic mass is 32.2. The van der Waals surface area contributed by atoms with E-state index < -0.39 is 12.2 Å². The molecule has 1 aromatic carbocycles. The fourth-order valence-corrected chi connectivity index (χ4v) is 4.28. The minimum Gasteiger partial charge on any atom is -0.473 e. The van der Waals surface area contributed by atoms with Crippen molar-refractivity contribution in [3.8, 4) is 5.88 Å². The van der Waals surface area contributed by atoms with Crippen molar-refractivity contribution in [1.82, 2.24) is 10.3 Å². The smallest absolute Gasteiger partial charge is 0.414 e. The van der Waals surface area contributed by atoms with E-state index >= 15 is 0 Å². The molecule has 3 heterocycles. The maximum atomic E-state index is 13.1. The molecule has 0 bridgehead atoms. The first-order chi connectivity index (χ1) is 14.1. The number of hydrogen-bond acceptors (Lipinski definition) is 6. The highest BCUT2D eigenvalue weighted by Crippen LogP contribution is 2.25. The van der Waals surface area contributed by atoms with E-state index in [0.29, 0.717) is 17.1 Å². The third-order valence-electron chi connectivity index (χ3n) is 4.68. The van der Waals surface area contributed by atoms with E-state index in [1.807, 2.05) is 11.8 Å². The Hall–Kier alpha value is -2.81. The van der Waals surface area contributed by atoms with E-state index in [1.54, 1.807) is 18.3 Å². The van der Waals surface area contributed by atoms with Crippen molar-refractivity contribution in [3.63, 3.8) is 0 Å². The van der Waals surface area contributed by atoms with Crippen LogP contribution in [0.5, 0.6) is 5.88 Å². The average Bonchev–Trinajstić information content (AvgIpc) is 3.37. The highest BCUT2D eigenvalue weighted by molar-refractivity contribution is 7.99. The highest BCUT2D eigenvalue weighted by Gasteiger charge is 2.33. The first-order valence-electron chi connectivity index (χ1n) is 9.31. The van der Waals surface area contributed by atoms with Gasteiger partial charge < -0.3 is 14.8 Å². The van der Waals surface area contributed by atoms with Crippen LogP contribution in [0.15, 0.2) is 42.6 Å². The van der Waals surface area contributed by atoms with Crippen LogP contribution in [0.2, 0.25) is 0 Å². The quantitative estimate of drug-likeness (QED) is 0.779. The van der Waals surface area contributed by atoms with Crippen molar-refractivity contribution in [3.05, 3.63) is 54.0 Å². The van der Waals surface area contributed by atoms with Crippen LogP contribution in [0.3, 0.4) is 0 Å². The van der Waals surface area contributed by atoms with Gasteiger partial charge in [0, 0.05) is 17.6 Å². The Kier molecular flexibility index (Phi) is 5.84. The van der Waals surface area contributed by atoms with Crippen molar-refractivity contribution in [2.24, 2.45) is 0 Å². The maximum absolute atomic E-state index is 13.1. The molecule has 0 saturated carbocycles. The molecule has 0 aliphatic carbocycles. The first kappa shape index (κ1) is 19.5. The van der Waals surface area contributed by atoms with Gasteiger partial charge in [-0.05, 0) is 48.6 Å². The number of ether oxygens (including phenoxy) is 2. The molecule has 2 amide bonds. The molecule has 2 aliphatic heterocycles. The zero-order chi connectivity index (χ0) is 20.2. The van der Waals surface area contributed by atoms with Gasteiger partial charge in [-0.15, -0.1) is 0 Å². The average molecular weight is 417 g/mol. The number of pyridine rings is 1. The molecule has 2 atom stereocenters. The largest absolute Gasteiger partial charge is 0.473 e. The number of carbonyl (C=O) groups is 2. The minimum absolute atomic E-state index is 0.0569. The molecule has 2 unspecified atom stereocenters. The third kappa shape index (κ3) is 4.61. The van der Waals surface area contributed by atoms with Crippen LogP contribution >= 0.6 is 11.8 Å². The van der Waals surface area contributed by atoms with E-state index in [-0.39, 0.29) is 30.9 Å². The van der Waals surface area contributed by atoms with Gasteiger partial charge in [-0.2, -0.15) is 11.8 Å². The fraction of sp³-hybridized carbons (Fsp3) is 0.350. The van der Waals surface area contributed by atoms with Gasteiger partial charge in [0.2, 0.25) is 5.88 Å². The molecule has 29 heavy (non-hydrogen) atoms. The van der Waals surface area contributed by atoms with Crippen molar-refractivity contribution in [2.45, 2.75) is 18.6 Å². The molecule has 4 rings (SSSR count). The van der Waals surface area contributed by atoms with Gasteiger partial charge in [-0.25, -0.2) is 14.2 Å². The number of amides is 2. The van der Waals surface area contributed by atoms with E-state index in [9.17, 15) is 14.0 Å². The lowest BCUT2D eigenvalue weighted by Gasteiger charge is -2.15. The summed E-state index contributed by atoms with van der Waals surface area (Å²) >= 11 is 1.81. The van der Waals surface area contributed by atoms with Gasteiger partial charge in [-0.1, -0.05) is 0 Å². The summed E-state index contributed by atoms with van der Waals surface area (Å²) in [7, 11) is 0. The lowest BCUT2D eigenvalue weighted by molar-refractivity contribution is 0.0908. The third-order valence-corrected chi connectivity index (χ3v) is 5.82. The summed E-state index contributed by atoms with van der Waals surface area (Å²) in [6.45, 7) is 0.413. The molecule has 1 aromatic heterocycles. The summed E-state index contributed by atoms with van der Waals surface area (Å²) in [6, 6.07) is 8.92. The van der Waals surface area contributed by atoms with Crippen LogP contribution in [0, 0.1) is 5.82 Å². The monoisotopic (exact) mass is 417 g/mol. The molecular formula is C20H20FN3O4S. The SMILES string of the molecule is O=C(NCC1CN(c2ccc(F)cc2)C(=O)O1)c1cccnc1OC1CCSC1. The Morgan fingerprint density at radius 1 is 1.34 bits per heavy atom. The molecule has 0 radical (unpaired) electrons. The number of cyclic esters (lactones) is 1. The normalized spacial score (nSPS) is 21.1. The number of nitrogens with zero attached hydrogens (tertiary/aromatic N) is 2. The second-order valence-electron chi connectivity index (χ2n) is 6.76. The predicted molar refractivity (Wildman–Crippen MR) is 107 cm³/mol. The lowest BCUT2D eigenvalue weighted by Crippen LogP contribution is -2.35. The zero-order valence-corrected chi connectivity index (χ0v) is 16.4. The standard InChI is InChI=1S/C20H20FN3O4S/c21-13-3-5-14(6-4-13)24-11-16(28-20(24)26)10-23-18(25)17-2-1-8-22-19(17)27-15-7-9-29-12-15/h1-6,8,15-16H,7,9-12H2,(H,23,25). The number of carbonyl (C=O) groups excluding carboxylic acids is 2. The molecule has 2 fully saturated rings. The van der Waals surface area contributed by atoms with Crippen molar-refractivity contribution < 1.29 is 23.5 Å². The van der Waals surface area contributed by atoms with Gasteiger partial charge in [0.05, 0.1) is 13.1 Å². The summed E-state index contributed by atoms with van der Waals surface area (Å²) in [4.78, 5) is 30.3. The van der Waals surface area contributed by atoms with Crippen LogP contribution < -0.4 is 15.0 Å². The number of rotatable bonds is 6. The predicted octanol–water partition coefficient (Wildman–Crippen LogP) is 2.86. The second kappa shape index (κ2) is 8.69. The molecule has 2 saturated heterocycles. The van der Waals surface area contributed by atoms with Crippen LogP contribution in [-0.2, 0) is 4.74 Å². The number of nitrogens with one attached hydrogen (secondary N) is 1. The lowest BCUT2D eigenvalue weighted by atomic mass is 10.2. The Morgan fingerprint density at radius 3 is 2.93 bits per heavy atom. The first-order valence-corrected chi connectivity index (χ1v) is 10.5. The Balaban J connectivity index is 1.35. The van der Waals surface area contributed by atoms with E-state index in [1.165, 1.54) is 29.2 Å². The fourth-order valence-electron chi connectivity index (χ4n) is 3.18. The van der Waals surface area contributed by atoms with Gasteiger partial charge in [0.1, 0.15) is 23.6 Å². The van der Waals surface area contributed by atoms with Gasteiger partial charge in [0.15, 0.2) is 0 Å². The minimum atomic E-state index is -0.528. The molecular weight excluding hydrogens is 397 g/mol.